The molecule has 0 aromatic heterocycles. The normalized spacial score (nSPS) is 11.8. The monoisotopic (exact) mass is 737 g/mol. The van der Waals surface area contributed by atoms with Crippen LogP contribution in [0.2, 0.25) is 0 Å². The molecule has 0 unspecified atom stereocenters. The Morgan fingerprint density at radius 3 is 0.769 bits per heavy atom. The Balaban J connectivity index is 4.21. The van der Waals surface area contributed by atoms with Crippen LogP contribution in [0.3, 0.4) is 0 Å². The van der Waals surface area contributed by atoms with Gasteiger partial charge in [0.05, 0.1) is 0 Å². The van der Waals surface area contributed by atoms with Crippen molar-refractivity contribution in [3.63, 3.8) is 0 Å². The van der Waals surface area contributed by atoms with Gasteiger partial charge in [-0.3, -0.25) is 14.4 Å². The van der Waals surface area contributed by atoms with Crippen LogP contribution in [0.1, 0.15) is 258 Å². The van der Waals surface area contributed by atoms with Gasteiger partial charge >= 0.3 is 17.9 Å². The van der Waals surface area contributed by atoms with Crippen LogP contribution in [0, 0.1) is 0 Å². The average Bonchev–Trinajstić information content (AvgIpc) is 3.14. The Kier molecular flexibility index (Phi) is 40.9. The number of esters is 3. The second-order valence-electron chi connectivity index (χ2n) is 15.7. The van der Waals surface area contributed by atoms with Gasteiger partial charge in [-0.25, -0.2) is 0 Å². The first kappa shape index (κ1) is 50.4. The number of carbonyl (C=O) groups is 3. The molecule has 0 aliphatic rings. The number of hydrogen-bond donors (Lipinski definition) is 0. The van der Waals surface area contributed by atoms with E-state index in [0.29, 0.717) is 19.3 Å². The van der Waals surface area contributed by atoms with Gasteiger partial charge in [-0.15, -0.1) is 0 Å². The van der Waals surface area contributed by atoms with Crippen LogP contribution in [0.4, 0.5) is 0 Å². The molecule has 52 heavy (non-hydrogen) atoms. The highest BCUT2D eigenvalue weighted by atomic mass is 16.6. The molecular formula is C46H88O6. The van der Waals surface area contributed by atoms with E-state index in [0.717, 1.165) is 57.8 Å². The quantitative estimate of drug-likeness (QED) is 0.0353. The molecule has 0 saturated heterocycles. The molecule has 0 aromatic carbocycles. The molecule has 0 N–H and O–H groups in total. The van der Waals surface area contributed by atoms with E-state index < -0.39 is 6.10 Å². The van der Waals surface area contributed by atoms with E-state index in [1.165, 1.54) is 161 Å². The Hall–Kier alpha value is -1.59. The van der Waals surface area contributed by atoms with Crippen LogP contribution in [0.15, 0.2) is 0 Å². The van der Waals surface area contributed by atoms with E-state index in [-0.39, 0.29) is 31.1 Å². The highest BCUT2D eigenvalue weighted by Crippen LogP contribution is 2.16. The predicted molar refractivity (Wildman–Crippen MR) is 220 cm³/mol. The van der Waals surface area contributed by atoms with E-state index in [1.54, 1.807) is 0 Å². The Bertz CT molecular complexity index is 768. The molecule has 0 radical (unpaired) electrons. The summed E-state index contributed by atoms with van der Waals surface area (Å²) in [4.78, 5) is 37.5. The molecule has 0 aromatic rings. The van der Waals surface area contributed by atoms with Gasteiger partial charge in [0, 0.05) is 19.3 Å². The van der Waals surface area contributed by atoms with E-state index in [1.807, 2.05) is 0 Å². The molecule has 0 rings (SSSR count). The van der Waals surface area contributed by atoms with Crippen molar-refractivity contribution in [2.24, 2.45) is 0 Å². The minimum absolute atomic E-state index is 0.0634. The third-order valence-electron chi connectivity index (χ3n) is 10.4. The predicted octanol–water partition coefficient (Wildman–Crippen LogP) is 14.5. The molecule has 0 fully saturated rings. The van der Waals surface area contributed by atoms with Crippen molar-refractivity contribution in [2.75, 3.05) is 13.2 Å². The van der Waals surface area contributed by atoms with Gasteiger partial charge in [-0.05, 0) is 19.3 Å². The van der Waals surface area contributed by atoms with Crippen molar-refractivity contribution in [1.82, 2.24) is 0 Å². The topological polar surface area (TPSA) is 78.9 Å². The SMILES string of the molecule is CCCCCCCCCCCCCCCCCCCC(=O)O[C@H](COC(=O)CCCCCCCCC)COC(=O)CCCCCCCCCCCC. The van der Waals surface area contributed by atoms with Crippen molar-refractivity contribution in [3.8, 4) is 0 Å². The minimum Gasteiger partial charge on any atom is -0.462 e. The molecule has 1 atom stereocenters. The maximum absolute atomic E-state index is 12.7. The summed E-state index contributed by atoms with van der Waals surface area (Å²) in [5.41, 5.74) is 0. The van der Waals surface area contributed by atoms with Crippen molar-refractivity contribution >= 4 is 17.9 Å². The zero-order valence-corrected chi connectivity index (χ0v) is 35.1. The van der Waals surface area contributed by atoms with Crippen molar-refractivity contribution < 1.29 is 28.6 Å². The number of ether oxygens (including phenoxy) is 3. The Morgan fingerprint density at radius 1 is 0.308 bits per heavy atom. The van der Waals surface area contributed by atoms with Crippen LogP contribution in [0.25, 0.3) is 0 Å². The zero-order chi connectivity index (χ0) is 38.0. The molecule has 0 spiro atoms. The van der Waals surface area contributed by atoms with Gasteiger partial charge in [0.25, 0.3) is 0 Å². The van der Waals surface area contributed by atoms with Gasteiger partial charge < -0.3 is 14.2 Å². The lowest BCUT2D eigenvalue weighted by atomic mass is 10.0. The number of carbonyl (C=O) groups excluding carboxylic acids is 3. The highest BCUT2D eigenvalue weighted by molar-refractivity contribution is 5.71. The van der Waals surface area contributed by atoms with Gasteiger partial charge in [0.1, 0.15) is 13.2 Å². The van der Waals surface area contributed by atoms with Crippen LogP contribution < -0.4 is 0 Å². The first-order valence-electron chi connectivity index (χ1n) is 23.0. The third kappa shape index (κ3) is 39.6. The summed E-state index contributed by atoms with van der Waals surface area (Å²) >= 11 is 0. The average molecular weight is 737 g/mol. The lowest BCUT2D eigenvalue weighted by Crippen LogP contribution is -2.30. The van der Waals surface area contributed by atoms with Gasteiger partial charge in [-0.1, -0.05) is 220 Å². The van der Waals surface area contributed by atoms with Crippen LogP contribution >= 0.6 is 0 Å². The molecule has 0 saturated carbocycles. The molecule has 6 heteroatoms. The summed E-state index contributed by atoms with van der Waals surface area (Å²) in [5.74, 6) is -0.859. The Labute approximate surface area is 323 Å². The standard InChI is InChI=1S/C46H88O6/c1-4-7-10-13-16-18-20-21-22-23-24-25-26-28-31-34-37-40-46(49)52-43(41-50-44(47)38-35-32-29-15-12-9-6-3)42-51-45(48)39-36-33-30-27-19-17-14-11-8-5-2/h43H,4-42H2,1-3H3/t43-/m1/s1. The first-order chi connectivity index (χ1) is 25.5. The van der Waals surface area contributed by atoms with Crippen molar-refractivity contribution in [1.29, 1.82) is 0 Å². The van der Waals surface area contributed by atoms with E-state index in [9.17, 15) is 14.4 Å². The van der Waals surface area contributed by atoms with Gasteiger partial charge in [0.15, 0.2) is 6.10 Å². The molecule has 0 aliphatic heterocycles. The van der Waals surface area contributed by atoms with E-state index in [4.69, 9.17) is 14.2 Å². The molecule has 308 valence electrons. The maximum Gasteiger partial charge on any atom is 0.306 e. The summed E-state index contributed by atoms with van der Waals surface area (Å²) in [6.45, 7) is 6.61. The van der Waals surface area contributed by atoms with Gasteiger partial charge in [0.2, 0.25) is 0 Å². The summed E-state index contributed by atoms with van der Waals surface area (Å²) in [6.07, 6.45) is 42.4. The fourth-order valence-corrected chi connectivity index (χ4v) is 6.85. The van der Waals surface area contributed by atoms with Crippen molar-refractivity contribution in [2.45, 2.75) is 264 Å². The number of unbranched alkanes of at least 4 members (excludes halogenated alkanes) is 31. The van der Waals surface area contributed by atoms with Crippen LogP contribution in [-0.4, -0.2) is 37.2 Å². The van der Waals surface area contributed by atoms with E-state index in [2.05, 4.69) is 20.8 Å². The summed E-state index contributed by atoms with van der Waals surface area (Å²) in [5, 5.41) is 0. The first-order valence-corrected chi connectivity index (χ1v) is 23.0. The molecule has 6 nitrogen and oxygen atoms in total. The lowest BCUT2D eigenvalue weighted by Gasteiger charge is -2.18. The van der Waals surface area contributed by atoms with E-state index >= 15 is 0 Å². The second kappa shape index (κ2) is 42.2. The largest absolute Gasteiger partial charge is 0.462 e. The summed E-state index contributed by atoms with van der Waals surface area (Å²) < 4.78 is 16.6. The third-order valence-corrected chi connectivity index (χ3v) is 10.4. The highest BCUT2D eigenvalue weighted by Gasteiger charge is 2.19. The lowest BCUT2D eigenvalue weighted by molar-refractivity contribution is -0.167. The molecule has 0 aliphatic carbocycles. The van der Waals surface area contributed by atoms with Crippen LogP contribution in [-0.2, 0) is 28.6 Å². The zero-order valence-electron chi connectivity index (χ0n) is 35.1. The summed E-state index contributed by atoms with van der Waals surface area (Å²) in [7, 11) is 0. The van der Waals surface area contributed by atoms with Gasteiger partial charge in [-0.2, -0.15) is 0 Å². The molecule has 0 bridgehead atoms. The fourth-order valence-electron chi connectivity index (χ4n) is 6.85. The number of hydrogen-bond acceptors (Lipinski definition) is 6. The number of rotatable bonds is 42. The molecule has 0 heterocycles. The smallest absolute Gasteiger partial charge is 0.306 e. The maximum atomic E-state index is 12.7. The summed E-state index contributed by atoms with van der Waals surface area (Å²) in [6, 6.07) is 0. The molecule has 0 amide bonds. The fraction of sp³-hybridized carbons (Fsp3) is 0.935. The minimum atomic E-state index is -0.757. The second-order valence-corrected chi connectivity index (χ2v) is 15.7. The Morgan fingerprint density at radius 2 is 0.519 bits per heavy atom. The molecular weight excluding hydrogens is 648 g/mol. The van der Waals surface area contributed by atoms with Crippen molar-refractivity contribution in [3.05, 3.63) is 0 Å². The van der Waals surface area contributed by atoms with Crippen LogP contribution in [0.5, 0.6) is 0 Å².